The Hall–Kier alpha value is -2.16. The summed E-state index contributed by atoms with van der Waals surface area (Å²) in [7, 11) is 0. The van der Waals surface area contributed by atoms with E-state index in [1.165, 1.54) is 0 Å². The molecule has 1 N–H and O–H groups in total. The van der Waals surface area contributed by atoms with E-state index in [9.17, 15) is 23.6 Å². The Bertz CT molecular complexity index is 833. The van der Waals surface area contributed by atoms with Crippen molar-refractivity contribution in [2.45, 2.75) is 12.2 Å². The van der Waals surface area contributed by atoms with Gasteiger partial charge in [-0.25, -0.2) is 8.78 Å². The van der Waals surface area contributed by atoms with Gasteiger partial charge in [0.1, 0.15) is 30.1 Å². The number of benzene rings is 2. The molecular weight excluding hydrogens is 398 g/mol. The van der Waals surface area contributed by atoms with Gasteiger partial charge in [0.25, 0.3) is 5.91 Å². The number of amides is 1. The molecule has 0 radical (unpaired) electrons. The zero-order valence-corrected chi connectivity index (χ0v) is 14.4. The van der Waals surface area contributed by atoms with Crippen molar-refractivity contribution in [3.63, 3.8) is 0 Å². The van der Waals surface area contributed by atoms with Gasteiger partial charge in [-0.15, -0.1) is 0 Å². The van der Waals surface area contributed by atoms with Crippen LogP contribution in [-0.4, -0.2) is 40.0 Å². The Kier molecular flexibility index (Phi) is 4.94. The van der Waals surface area contributed by atoms with E-state index in [1.54, 1.807) is 24.3 Å². The van der Waals surface area contributed by atoms with Gasteiger partial charge in [0, 0.05) is 11.0 Å². The summed E-state index contributed by atoms with van der Waals surface area (Å²) in [6.07, 6.45) is -0.497. The molecule has 25 heavy (non-hydrogen) atoms. The minimum Gasteiger partial charge on any atom is -0.314 e. The van der Waals surface area contributed by atoms with Gasteiger partial charge in [-0.2, -0.15) is 5.06 Å². The first-order valence-electron chi connectivity index (χ1n) is 7.36. The first-order valence-corrected chi connectivity index (χ1v) is 8.15. The fraction of sp³-hybridized carbons (Fsp3) is 0.176. The average Bonchev–Trinajstić information content (AvgIpc) is 2.93. The molecule has 1 saturated heterocycles. The Morgan fingerprint density at radius 3 is 2.68 bits per heavy atom. The fourth-order valence-corrected chi connectivity index (χ4v) is 3.24. The van der Waals surface area contributed by atoms with Crippen molar-refractivity contribution >= 4 is 28.1 Å². The van der Waals surface area contributed by atoms with Crippen LogP contribution >= 0.6 is 15.9 Å². The molecule has 2 atom stereocenters. The lowest BCUT2D eigenvalue weighted by molar-refractivity contribution is -0.154. The lowest BCUT2D eigenvalue weighted by Gasteiger charge is -2.27. The van der Waals surface area contributed by atoms with Crippen molar-refractivity contribution < 1.29 is 23.6 Å². The van der Waals surface area contributed by atoms with Gasteiger partial charge in [0.05, 0.1) is 5.56 Å². The summed E-state index contributed by atoms with van der Waals surface area (Å²) in [4.78, 5) is 25.1. The molecule has 1 amide bonds. The maximum Gasteiger partial charge on any atom is 0.258 e. The van der Waals surface area contributed by atoms with E-state index in [2.05, 4.69) is 15.9 Å². The van der Waals surface area contributed by atoms with E-state index in [0.29, 0.717) is 16.3 Å². The molecule has 1 fully saturated rings. The topological polar surface area (TPSA) is 60.9 Å². The highest BCUT2D eigenvalue weighted by atomic mass is 79.9. The van der Waals surface area contributed by atoms with Gasteiger partial charge in [0.15, 0.2) is 0 Å². The number of nitrogens with zero attached hydrogens (tertiary/aromatic N) is 2. The van der Waals surface area contributed by atoms with Crippen LogP contribution in [0.25, 0.3) is 0 Å². The fourth-order valence-electron chi connectivity index (χ4n) is 2.82. The van der Waals surface area contributed by atoms with Crippen LogP contribution in [0.5, 0.6) is 0 Å². The molecule has 2 aromatic rings. The zero-order valence-electron chi connectivity index (χ0n) is 12.8. The van der Waals surface area contributed by atoms with E-state index in [4.69, 9.17) is 0 Å². The molecule has 2 unspecified atom stereocenters. The molecule has 0 bridgehead atoms. The largest absolute Gasteiger partial charge is 0.314 e. The lowest BCUT2D eigenvalue weighted by Crippen LogP contribution is -2.35. The van der Waals surface area contributed by atoms with Crippen LogP contribution in [0.2, 0.25) is 0 Å². The lowest BCUT2D eigenvalue weighted by atomic mass is 10.1. The van der Waals surface area contributed by atoms with Crippen LogP contribution in [0.15, 0.2) is 46.9 Å². The molecule has 2 aromatic carbocycles. The highest BCUT2D eigenvalue weighted by molar-refractivity contribution is 9.10. The van der Waals surface area contributed by atoms with Crippen molar-refractivity contribution in [2.75, 3.05) is 6.54 Å². The van der Waals surface area contributed by atoms with Crippen molar-refractivity contribution in [2.24, 2.45) is 0 Å². The van der Waals surface area contributed by atoms with Gasteiger partial charge >= 0.3 is 0 Å². The van der Waals surface area contributed by atoms with E-state index in [-0.39, 0.29) is 6.54 Å². The summed E-state index contributed by atoms with van der Waals surface area (Å²) in [5, 5.41) is 11.0. The standard InChI is InChI=1S/C17H13BrF2N2O3/c18-11-3-1-2-10(6-11)16-21(8-13(9-23)22(16)25)17(24)14-7-12(19)4-5-15(14)20/h1-7,9,13,16,25H,8H2. The Labute approximate surface area is 150 Å². The second kappa shape index (κ2) is 6.99. The summed E-state index contributed by atoms with van der Waals surface area (Å²) in [6, 6.07) is 8.39. The molecule has 1 heterocycles. The highest BCUT2D eigenvalue weighted by Crippen LogP contribution is 2.34. The quantitative estimate of drug-likeness (QED) is 0.789. The molecule has 5 nitrogen and oxygen atoms in total. The van der Waals surface area contributed by atoms with Crippen LogP contribution in [-0.2, 0) is 4.79 Å². The molecule has 1 aliphatic rings. The molecule has 0 saturated carbocycles. The third kappa shape index (κ3) is 3.33. The molecule has 8 heteroatoms. The maximum atomic E-state index is 14.0. The molecule has 0 aromatic heterocycles. The summed E-state index contributed by atoms with van der Waals surface area (Å²) < 4.78 is 28.1. The Morgan fingerprint density at radius 1 is 1.24 bits per heavy atom. The molecular formula is C17H13BrF2N2O3. The number of hydrogen-bond acceptors (Lipinski definition) is 4. The third-order valence-electron chi connectivity index (χ3n) is 3.99. The summed E-state index contributed by atoms with van der Waals surface area (Å²) in [5.41, 5.74) is 0.0614. The number of hydrogen-bond donors (Lipinski definition) is 1. The number of carbonyl (C=O) groups excluding carboxylic acids is 2. The summed E-state index contributed by atoms with van der Waals surface area (Å²) >= 11 is 3.30. The van der Waals surface area contributed by atoms with E-state index < -0.39 is 35.3 Å². The van der Waals surface area contributed by atoms with Crippen LogP contribution in [0.1, 0.15) is 22.1 Å². The number of carbonyl (C=O) groups is 2. The van der Waals surface area contributed by atoms with Gasteiger partial charge in [-0.3, -0.25) is 4.79 Å². The summed E-state index contributed by atoms with van der Waals surface area (Å²) in [6.45, 7) is -0.147. The molecule has 0 spiro atoms. The predicted octanol–water partition coefficient (Wildman–Crippen LogP) is 3.14. The average molecular weight is 411 g/mol. The molecule has 130 valence electrons. The first-order chi connectivity index (χ1) is 11.9. The van der Waals surface area contributed by atoms with Crippen LogP contribution in [0, 0.1) is 11.6 Å². The maximum absolute atomic E-state index is 14.0. The smallest absolute Gasteiger partial charge is 0.258 e. The minimum atomic E-state index is -0.997. The van der Waals surface area contributed by atoms with Gasteiger partial charge in [-0.05, 0) is 35.9 Å². The highest BCUT2D eigenvalue weighted by Gasteiger charge is 2.43. The van der Waals surface area contributed by atoms with Gasteiger partial charge < -0.3 is 14.9 Å². The van der Waals surface area contributed by atoms with Crippen LogP contribution in [0.4, 0.5) is 8.78 Å². The number of rotatable bonds is 3. The van der Waals surface area contributed by atoms with E-state index in [1.807, 2.05) is 0 Å². The van der Waals surface area contributed by atoms with Crippen LogP contribution in [0.3, 0.4) is 0 Å². The molecule has 3 rings (SSSR count). The third-order valence-corrected chi connectivity index (χ3v) is 4.49. The van der Waals surface area contributed by atoms with Crippen LogP contribution < -0.4 is 0 Å². The first kappa shape index (κ1) is 17.7. The number of halogens is 3. The van der Waals surface area contributed by atoms with Crippen molar-refractivity contribution in [3.8, 4) is 0 Å². The number of hydroxylamine groups is 2. The van der Waals surface area contributed by atoms with E-state index in [0.717, 1.165) is 28.2 Å². The second-order valence-electron chi connectivity index (χ2n) is 5.59. The number of aldehydes is 1. The summed E-state index contributed by atoms with van der Waals surface area (Å²) in [5.74, 6) is -2.44. The monoisotopic (exact) mass is 410 g/mol. The Morgan fingerprint density at radius 2 is 2.00 bits per heavy atom. The molecule has 0 aliphatic carbocycles. The van der Waals surface area contributed by atoms with Gasteiger partial charge in [-0.1, -0.05) is 28.1 Å². The van der Waals surface area contributed by atoms with E-state index >= 15 is 0 Å². The van der Waals surface area contributed by atoms with Gasteiger partial charge in [0.2, 0.25) is 0 Å². The molecule has 1 aliphatic heterocycles. The van der Waals surface area contributed by atoms with Crippen molar-refractivity contribution in [1.82, 2.24) is 9.96 Å². The minimum absolute atomic E-state index is 0.147. The second-order valence-corrected chi connectivity index (χ2v) is 6.51. The zero-order chi connectivity index (χ0) is 18.1. The Balaban J connectivity index is 2.04. The SMILES string of the molecule is O=CC1CN(C(=O)c2cc(F)ccc2F)C(c2cccc(Br)c2)N1O. The normalized spacial score (nSPS) is 20.7. The van der Waals surface area contributed by atoms with Crippen molar-refractivity contribution in [3.05, 3.63) is 69.7 Å². The van der Waals surface area contributed by atoms with Crippen molar-refractivity contribution in [1.29, 1.82) is 0 Å². The predicted molar refractivity (Wildman–Crippen MR) is 87.8 cm³/mol.